The Morgan fingerprint density at radius 3 is 2.76 bits per heavy atom. The second kappa shape index (κ2) is 8.46. The number of amides is 1. The van der Waals surface area contributed by atoms with Crippen LogP contribution in [0.5, 0.6) is 5.75 Å². The molecule has 1 unspecified atom stereocenters. The quantitative estimate of drug-likeness (QED) is 0.748. The number of nitrogens with zero attached hydrogens (tertiary/aromatic N) is 4. The lowest BCUT2D eigenvalue weighted by molar-refractivity contribution is -0.135. The van der Waals surface area contributed by atoms with E-state index >= 15 is 0 Å². The molecule has 29 heavy (non-hydrogen) atoms. The summed E-state index contributed by atoms with van der Waals surface area (Å²) < 4.78 is 5.18. The monoisotopic (exact) mass is 415 g/mol. The molecular weight excluding hydrogens is 390 g/mol. The van der Waals surface area contributed by atoms with Gasteiger partial charge in [0.1, 0.15) is 10.8 Å². The fourth-order valence-electron chi connectivity index (χ4n) is 3.49. The average Bonchev–Trinajstić information content (AvgIpc) is 3.48. The maximum Gasteiger partial charge on any atom is 0.273 e. The number of carbonyl (C=O) groups excluding carboxylic acids is 1. The standard InChI is InChI=1S/C20H25N5O3S/c1-20(13-16(24-28-20)14-5-7-15(27-2)8-6-14)18(26)21-19-23-22-17(29-19)9-12-25-10-3-4-11-25/h5-8H,3-4,9-13H2,1-2H3,(H,21,23,26). The third-order valence-electron chi connectivity index (χ3n) is 5.29. The van der Waals surface area contributed by atoms with Gasteiger partial charge in [0.15, 0.2) is 0 Å². The first kappa shape index (κ1) is 19.8. The van der Waals surface area contributed by atoms with Crippen molar-refractivity contribution in [2.75, 3.05) is 32.1 Å². The summed E-state index contributed by atoms with van der Waals surface area (Å²) in [6.45, 7) is 5.05. The number of anilines is 1. The third kappa shape index (κ3) is 4.56. The number of methoxy groups -OCH3 is 1. The average molecular weight is 416 g/mol. The first-order valence-electron chi connectivity index (χ1n) is 9.81. The molecule has 1 aromatic heterocycles. The van der Waals surface area contributed by atoms with Crippen LogP contribution < -0.4 is 10.1 Å². The Bertz CT molecular complexity index is 892. The normalized spacial score (nSPS) is 21.7. The molecule has 1 saturated heterocycles. The van der Waals surface area contributed by atoms with E-state index in [0.717, 1.165) is 48.1 Å². The van der Waals surface area contributed by atoms with Crippen LogP contribution in [0.3, 0.4) is 0 Å². The molecule has 1 amide bonds. The molecule has 1 fully saturated rings. The number of hydrogen-bond donors (Lipinski definition) is 1. The van der Waals surface area contributed by atoms with Gasteiger partial charge in [-0.2, -0.15) is 0 Å². The highest BCUT2D eigenvalue weighted by molar-refractivity contribution is 7.15. The zero-order chi connectivity index (χ0) is 20.3. The van der Waals surface area contributed by atoms with E-state index in [-0.39, 0.29) is 5.91 Å². The fraction of sp³-hybridized carbons (Fsp3) is 0.500. The summed E-state index contributed by atoms with van der Waals surface area (Å²) in [4.78, 5) is 20.7. The van der Waals surface area contributed by atoms with Crippen molar-refractivity contribution in [1.29, 1.82) is 0 Å². The molecule has 154 valence electrons. The van der Waals surface area contributed by atoms with Gasteiger partial charge in [-0.1, -0.05) is 16.5 Å². The molecule has 0 spiro atoms. The second-order valence-electron chi connectivity index (χ2n) is 7.52. The molecule has 1 N–H and O–H groups in total. The van der Waals surface area contributed by atoms with Crippen molar-refractivity contribution in [2.45, 2.75) is 38.2 Å². The number of aromatic nitrogens is 2. The van der Waals surface area contributed by atoms with E-state index in [2.05, 4.69) is 25.6 Å². The van der Waals surface area contributed by atoms with Crippen LogP contribution in [-0.4, -0.2) is 59.1 Å². The van der Waals surface area contributed by atoms with Crippen LogP contribution in [-0.2, 0) is 16.1 Å². The lowest BCUT2D eigenvalue weighted by atomic mass is 9.95. The molecule has 2 aromatic rings. The summed E-state index contributed by atoms with van der Waals surface area (Å²) in [6.07, 6.45) is 3.78. The zero-order valence-electron chi connectivity index (χ0n) is 16.7. The SMILES string of the molecule is COc1ccc(C2=NOC(C)(C(=O)Nc3nnc(CCN4CCCC4)s3)C2)cc1. The van der Waals surface area contributed by atoms with Crippen molar-refractivity contribution in [2.24, 2.45) is 5.16 Å². The topological polar surface area (TPSA) is 88.9 Å². The first-order chi connectivity index (χ1) is 14.1. The second-order valence-corrected chi connectivity index (χ2v) is 8.58. The number of carbonyl (C=O) groups is 1. The van der Waals surface area contributed by atoms with Crippen molar-refractivity contribution >= 4 is 28.1 Å². The maximum atomic E-state index is 12.8. The van der Waals surface area contributed by atoms with Gasteiger partial charge in [0.05, 0.1) is 12.8 Å². The molecule has 9 heteroatoms. The lowest BCUT2D eigenvalue weighted by Gasteiger charge is -2.19. The fourth-order valence-corrected chi connectivity index (χ4v) is 4.22. The van der Waals surface area contributed by atoms with Crippen molar-refractivity contribution in [3.63, 3.8) is 0 Å². The van der Waals surface area contributed by atoms with Crippen LogP contribution in [0.15, 0.2) is 29.4 Å². The molecule has 1 atom stereocenters. The van der Waals surface area contributed by atoms with E-state index in [1.165, 1.54) is 24.2 Å². The van der Waals surface area contributed by atoms with Crippen molar-refractivity contribution < 1.29 is 14.4 Å². The number of rotatable bonds is 7. The molecule has 8 nitrogen and oxygen atoms in total. The predicted molar refractivity (Wildman–Crippen MR) is 112 cm³/mol. The Morgan fingerprint density at radius 1 is 1.28 bits per heavy atom. The Hall–Kier alpha value is -2.52. The van der Waals surface area contributed by atoms with E-state index < -0.39 is 5.60 Å². The van der Waals surface area contributed by atoms with E-state index in [1.54, 1.807) is 14.0 Å². The zero-order valence-corrected chi connectivity index (χ0v) is 17.5. The van der Waals surface area contributed by atoms with Crippen molar-refractivity contribution in [3.8, 4) is 5.75 Å². The van der Waals surface area contributed by atoms with E-state index in [1.807, 2.05) is 24.3 Å². The number of hydrogen-bond acceptors (Lipinski definition) is 8. The molecule has 0 radical (unpaired) electrons. The van der Waals surface area contributed by atoms with Crippen molar-refractivity contribution in [1.82, 2.24) is 15.1 Å². The van der Waals surface area contributed by atoms with Gasteiger partial charge in [-0.25, -0.2) is 0 Å². The molecule has 2 aliphatic heterocycles. The van der Waals surface area contributed by atoms with Crippen LogP contribution in [0.2, 0.25) is 0 Å². The molecule has 0 saturated carbocycles. The van der Waals surface area contributed by atoms with Gasteiger partial charge in [0, 0.05) is 19.4 Å². The Labute approximate surface area is 173 Å². The smallest absolute Gasteiger partial charge is 0.273 e. The third-order valence-corrected chi connectivity index (χ3v) is 6.19. The Morgan fingerprint density at radius 2 is 2.03 bits per heavy atom. The van der Waals surface area contributed by atoms with Gasteiger partial charge < -0.3 is 14.5 Å². The molecule has 4 rings (SSSR count). The molecule has 3 heterocycles. The molecular formula is C20H25N5O3S. The van der Waals surface area contributed by atoms with Crippen LogP contribution in [0, 0.1) is 0 Å². The number of ether oxygens (including phenoxy) is 1. The largest absolute Gasteiger partial charge is 0.497 e. The van der Waals surface area contributed by atoms with Crippen LogP contribution in [0.4, 0.5) is 5.13 Å². The van der Waals surface area contributed by atoms with E-state index in [9.17, 15) is 4.79 Å². The van der Waals surface area contributed by atoms with Gasteiger partial charge in [-0.15, -0.1) is 10.2 Å². The summed E-state index contributed by atoms with van der Waals surface area (Å²) in [6, 6.07) is 7.53. The van der Waals surface area contributed by atoms with Gasteiger partial charge in [0.2, 0.25) is 10.7 Å². The highest BCUT2D eigenvalue weighted by Gasteiger charge is 2.42. The Kier molecular flexibility index (Phi) is 5.77. The summed E-state index contributed by atoms with van der Waals surface area (Å²) in [5.74, 6) is 0.498. The summed E-state index contributed by atoms with van der Waals surface area (Å²) in [7, 11) is 1.62. The van der Waals surface area contributed by atoms with Gasteiger partial charge in [-0.05, 0) is 62.7 Å². The highest BCUT2D eigenvalue weighted by Crippen LogP contribution is 2.29. The Balaban J connectivity index is 1.32. The minimum atomic E-state index is -1.07. The maximum absolute atomic E-state index is 12.8. The number of nitrogens with one attached hydrogen (secondary N) is 1. The van der Waals surface area contributed by atoms with Crippen LogP contribution >= 0.6 is 11.3 Å². The van der Waals surface area contributed by atoms with Gasteiger partial charge >= 0.3 is 0 Å². The summed E-state index contributed by atoms with van der Waals surface area (Å²) in [5, 5.41) is 16.7. The van der Waals surface area contributed by atoms with Gasteiger partial charge in [0.25, 0.3) is 5.91 Å². The summed E-state index contributed by atoms with van der Waals surface area (Å²) in [5.41, 5.74) is 0.563. The first-order valence-corrected chi connectivity index (χ1v) is 10.6. The number of likely N-dealkylation sites (tertiary alicyclic amines) is 1. The minimum absolute atomic E-state index is 0.271. The molecule has 1 aromatic carbocycles. The van der Waals surface area contributed by atoms with Crippen LogP contribution in [0.1, 0.15) is 36.8 Å². The van der Waals surface area contributed by atoms with Crippen molar-refractivity contribution in [3.05, 3.63) is 34.8 Å². The summed E-state index contributed by atoms with van der Waals surface area (Å²) >= 11 is 1.42. The van der Waals surface area contributed by atoms with Gasteiger partial charge in [-0.3, -0.25) is 10.1 Å². The number of benzene rings is 1. The molecule has 0 bridgehead atoms. The van der Waals surface area contributed by atoms with Crippen LogP contribution in [0.25, 0.3) is 0 Å². The molecule has 2 aliphatic rings. The van der Waals surface area contributed by atoms with E-state index in [4.69, 9.17) is 9.57 Å². The molecule has 0 aliphatic carbocycles. The van der Waals surface area contributed by atoms with E-state index in [0.29, 0.717) is 11.6 Å². The lowest BCUT2D eigenvalue weighted by Crippen LogP contribution is -2.40. The highest BCUT2D eigenvalue weighted by atomic mass is 32.1. The predicted octanol–water partition coefficient (Wildman–Crippen LogP) is 2.71. The minimum Gasteiger partial charge on any atom is -0.497 e. The number of oxime groups is 1.